The standard InChI is InChI=1S/C16H25NO4/c1-17(13-16(18)7-10-20-11-8-16)9-12-21-15-5-3-14(19-2)4-6-15/h3-6,18H,7-13H2,1-2H3. The van der Waals surface area contributed by atoms with Crippen LogP contribution >= 0.6 is 0 Å². The number of aliphatic hydroxyl groups is 1. The Balaban J connectivity index is 1.69. The van der Waals surface area contributed by atoms with Crippen molar-refractivity contribution in [1.29, 1.82) is 0 Å². The highest BCUT2D eigenvalue weighted by Gasteiger charge is 2.30. The average Bonchev–Trinajstić information content (AvgIpc) is 2.48. The predicted octanol–water partition coefficient (Wildman–Crippen LogP) is 1.55. The SMILES string of the molecule is COc1ccc(OCCN(C)CC2(O)CCOCC2)cc1. The highest BCUT2D eigenvalue weighted by molar-refractivity contribution is 5.31. The fourth-order valence-corrected chi connectivity index (χ4v) is 2.48. The first-order valence-electron chi connectivity index (χ1n) is 7.37. The summed E-state index contributed by atoms with van der Waals surface area (Å²) >= 11 is 0. The monoisotopic (exact) mass is 295 g/mol. The molecule has 1 aromatic rings. The summed E-state index contributed by atoms with van der Waals surface area (Å²) in [6, 6.07) is 7.54. The number of methoxy groups -OCH3 is 1. The lowest BCUT2D eigenvalue weighted by molar-refractivity contribution is -0.0775. The van der Waals surface area contributed by atoms with Crippen LogP contribution in [0.4, 0.5) is 0 Å². The van der Waals surface area contributed by atoms with E-state index in [0.717, 1.165) is 18.0 Å². The first-order chi connectivity index (χ1) is 10.1. The van der Waals surface area contributed by atoms with Gasteiger partial charge in [-0.1, -0.05) is 0 Å². The number of nitrogens with zero attached hydrogens (tertiary/aromatic N) is 1. The summed E-state index contributed by atoms with van der Waals surface area (Å²) < 4.78 is 16.1. The molecule has 0 aliphatic carbocycles. The van der Waals surface area contributed by atoms with Gasteiger partial charge in [0, 0.05) is 39.1 Å². The Hall–Kier alpha value is -1.30. The molecule has 5 nitrogen and oxygen atoms in total. The van der Waals surface area contributed by atoms with Gasteiger partial charge in [0.2, 0.25) is 0 Å². The molecule has 1 aliphatic rings. The first-order valence-corrected chi connectivity index (χ1v) is 7.37. The van der Waals surface area contributed by atoms with Gasteiger partial charge in [-0.3, -0.25) is 0 Å². The first kappa shape index (κ1) is 16.1. The van der Waals surface area contributed by atoms with Crippen molar-refractivity contribution in [3.05, 3.63) is 24.3 Å². The number of hydrogen-bond donors (Lipinski definition) is 1. The van der Waals surface area contributed by atoms with Crippen LogP contribution in [0.25, 0.3) is 0 Å². The van der Waals surface area contributed by atoms with Crippen LogP contribution in [0.1, 0.15) is 12.8 Å². The normalized spacial score (nSPS) is 17.7. The van der Waals surface area contributed by atoms with Crippen molar-refractivity contribution in [2.75, 3.05) is 47.1 Å². The van der Waals surface area contributed by atoms with Gasteiger partial charge >= 0.3 is 0 Å². The topological polar surface area (TPSA) is 51.2 Å². The second-order valence-electron chi connectivity index (χ2n) is 5.60. The largest absolute Gasteiger partial charge is 0.497 e. The molecule has 0 spiro atoms. The summed E-state index contributed by atoms with van der Waals surface area (Å²) in [4.78, 5) is 2.11. The Bertz CT molecular complexity index is 415. The molecule has 1 N–H and O–H groups in total. The second-order valence-corrected chi connectivity index (χ2v) is 5.60. The third kappa shape index (κ3) is 5.19. The van der Waals surface area contributed by atoms with Crippen LogP contribution < -0.4 is 9.47 Å². The number of ether oxygens (including phenoxy) is 3. The number of benzene rings is 1. The van der Waals surface area contributed by atoms with Crippen LogP contribution in [0, 0.1) is 0 Å². The zero-order chi connectivity index (χ0) is 15.1. The molecule has 0 aromatic heterocycles. The molecule has 118 valence electrons. The third-order valence-corrected chi connectivity index (χ3v) is 3.79. The summed E-state index contributed by atoms with van der Waals surface area (Å²) in [5.41, 5.74) is -0.618. The predicted molar refractivity (Wildman–Crippen MR) is 81.0 cm³/mol. The molecule has 1 saturated heterocycles. The Kier molecular flexibility index (Phi) is 5.85. The van der Waals surface area contributed by atoms with Gasteiger partial charge in [0.15, 0.2) is 0 Å². The lowest BCUT2D eigenvalue weighted by atomic mass is 9.94. The molecule has 0 amide bonds. The third-order valence-electron chi connectivity index (χ3n) is 3.79. The van der Waals surface area contributed by atoms with Gasteiger partial charge in [-0.25, -0.2) is 0 Å². The van der Waals surface area contributed by atoms with Gasteiger partial charge in [-0.15, -0.1) is 0 Å². The van der Waals surface area contributed by atoms with E-state index in [9.17, 15) is 5.11 Å². The second kappa shape index (κ2) is 7.64. The summed E-state index contributed by atoms with van der Waals surface area (Å²) in [5, 5.41) is 10.4. The number of rotatable bonds is 7. The minimum absolute atomic E-state index is 0.593. The molecule has 5 heteroatoms. The molecule has 0 unspecified atom stereocenters. The zero-order valence-corrected chi connectivity index (χ0v) is 12.9. The summed E-state index contributed by atoms with van der Waals surface area (Å²) in [7, 11) is 3.65. The highest BCUT2D eigenvalue weighted by Crippen LogP contribution is 2.21. The van der Waals surface area contributed by atoms with Crippen molar-refractivity contribution in [2.24, 2.45) is 0 Å². The van der Waals surface area contributed by atoms with E-state index in [4.69, 9.17) is 14.2 Å². The van der Waals surface area contributed by atoms with E-state index >= 15 is 0 Å². The molecule has 0 atom stereocenters. The van der Waals surface area contributed by atoms with Crippen LogP contribution in [0.3, 0.4) is 0 Å². The van der Waals surface area contributed by atoms with E-state index in [1.54, 1.807) is 7.11 Å². The molecule has 0 bridgehead atoms. The van der Waals surface area contributed by atoms with Crippen LogP contribution in [-0.4, -0.2) is 62.7 Å². The lowest BCUT2D eigenvalue weighted by Crippen LogP contribution is -2.46. The van der Waals surface area contributed by atoms with Gasteiger partial charge in [0.25, 0.3) is 0 Å². The maximum atomic E-state index is 10.4. The van der Waals surface area contributed by atoms with Crippen LogP contribution in [0.2, 0.25) is 0 Å². The van der Waals surface area contributed by atoms with Crippen LogP contribution in [0.5, 0.6) is 11.5 Å². The van der Waals surface area contributed by atoms with Gasteiger partial charge in [-0.05, 0) is 31.3 Å². The average molecular weight is 295 g/mol. The molecule has 2 rings (SSSR count). The molecule has 21 heavy (non-hydrogen) atoms. The molecule has 1 heterocycles. The molecule has 1 aliphatic heterocycles. The molecule has 0 radical (unpaired) electrons. The van der Waals surface area contributed by atoms with Crippen molar-refractivity contribution < 1.29 is 19.3 Å². The van der Waals surface area contributed by atoms with E-state index < -0.39 is 5.60 Å². The Morgan fingerprint density at radius 2 is 1.81 bits per heavy atom. The summed E-state index contributed by atoms with van der Waals surface area (Å²) in [6.45, 7) is 3.31. The number of likely N-dealkylation sites (N-methyl/N-ethyl adjacent to an activating group) is 1. The van der Waals surface area contributed by atoms with Crippen molar-refractivity contribution in [1.82, 2.24) is 4.90 Å². The smallest absolute Gasteiger partial charge is 0.119 e. The summed E-state index contributed by atoms with van der Waals surface area (Å²) in [5.74, 6) is 1.65. The Morgan fingerprint density at radius 3 is 2.43 bits per heavy atom. The molecular weight excluding hydrogens is 270 g/mol. The van der Waals surface area contributed by atoms with E-state index in [0.29, 0.717) is 39.2 Å². The van der Waals surface area contributed by atoms with E-state index in [2.05, 4.69) is 4.90 Å². The van der Waals surface area contributed by atoms with Crippen LogP contribution in [-0.2, 0) is 4.74 Å². The zero-order valence-electron chi connectivity index (χ0n) is 12.9. The van der Waals surface area contributed by atoms with Crippen molar-refractivity contribution in [2.45, 2.75) is 18.4 Å². The van der Waals surface area contributed by atoms with Gasteiger partial charge in [0.05, 0.1) is 12.7 Å². The van der Waals surface area contributed by atoms with Crippen molar-refractivity contribution in [3.8, 4) is 11.5 Å². The van der Waals surface area contributed by atoms with Crippen molar-refractivity contribution in [3.63, 3.8) is 0 Å². The van der Waals surface area contributed by atoms with Gasteiger partial charge in [-0.2, -0.15) is 0 Å². The fraction of sp³-hybridized carbons (Fsp3) is 0.625. The van der Waals surface area contributed by atoms with E-state index in [1.807, 2.05) is 31.3 Å². The fourth-order valence-electron chi connectivity index (χ4n) is 2.48. The molecular formula is C16H25NO4. The molecule has 1 fully saturated rings. The van der Waals surface area contributed by atoms with E-state index in [-0.39, 0.29) is 0 Å². The lowest BCUT2D eigenvalue weighted by Gasteiger charge is -2.35. The highest BCUT2D eigenvalue weighted by atomic mass is 16.5. The number of hydrogen-bond acceptors (Lipinski definition) is 5. The van der Waals surface area contributed by atoms with Gasteiger partial charge in [0.1, 0.15) is 18.1 Å². The van der Waals surface area contributed by atoms with Crippen LogP contribution in [0.15, 0.2) is 24.3 Å². The maximum Gasteiger partial charge on any atom is 0.119 e. The Morgan fingerprint density at radius 1 is 1.19 bits per heavy atom. The molecule has 0 saturated carbocycles. The Labute approximate surface area is 126 Å². The van der Waals surface area contributed by atoms with Crippen molar-refractivity contribution >= 4 is 0 Å². The maximum absolute atomic E-state index is 10.4. The quantitative estimate of drug-likeness (QED) is 0.827. The molecule has 1 aromatic carbocycles. The minimum Gasteiger partial charge on any atom is -0.497 e. The van der Waals surface area contributed by atoms with E-state index in [1.165, 1.54) is 0 Å². The van der Waals surface area contributed by atoms with Gasteiger partial charge < -0.3 is 24.2 Å². The summed E-state index contributed by atoms with van der Waals surface area (Å²) in [6.07, 6.45) is 1.41. The minimum atomic E-state index is -0.618.